The van der Waals surface area contributed by atoms with Gasteiger partial charge < -0.3 is 9.88 Å². The second kappa shape index (κ2) is 6.44. The van der Waals surface area contributed by atoms with Crippen molar-refractivity contribution in [2.75, 3.05) is 0 Å². The van der Waals surface area contributed by atoms with Gasteiger partial charge in [0.2, 0.25) is 5.91 Å². The van der Waals surface area contributed by atoms with Crippen LogP contribution in [0.1, 0.15) is 29.8 Å². The summed E-state index contributed by atoms with van der Waals surface area (Å²) in [5.41, 5.74) is 2.89. The minimum absolute atomic E-state index is 0.0341. The lowest BCUT2D eigenvalue weighted by Crippen LogP contribution is -2.34. The third kappa shape index (κ3) is 3.03. The zero-order valence-corrected chi connectivity index (χ0v) is 15.0. The Bertz CT molecular complexity index is 1030. The van der Waals surface area contributed by atoms with Crippen LogP contribution < -0.4 is 10.9 Å². The Hall–Kier alpha value is -2.89. The molecule has 1 aromatic carbocycles. The van der Waals surface area contributed by atoms with E-state index >= 15 is 0 Å². The Morgan fingerprint density at radius 2 is 1.92 bits per heavy atom. The molecule has 1 N–H and O–H groups in total. The Balaban J connectivity index is 1.71. The lowest BCUT2D eigenvalue weighted by Gasteiger charge is -2.09. The maximum atomic E-state index is 12.9. The Kier molecular flexibility index (Phi) is 4.11. The molecule has 0 atom stereocenters. The van der Waals surface area contributed by atoms with Crippen molar-refractivity contribution in [3.8, 4) is 0 Å². The molecule has 2 aromatic heterocycles. The van der Waals surface area contributed by atoms with E-state index in [9.17, 15) is 9.59 Å². The number of fused-ring (bicyclic) bond motifs is 1. The van der Waals surface area contributed by atoms with Crippen LogP contribution in [-0.2, 0) is 17.9 Å². The molecule has 0 unspecified atom stereocenters. The highest BCUT2D eigenvalue weighted by molar-refractivity contribution is 5.87. The molecule has 26 heavy (non-hydrogen) atoms. The van der Waals surface area contributed by atoms with Crippen molar-refractivity contribution in [2.24, 2.45) is 0 Å². The van der Waals surface area contributed by atoms with Gasteiger partial charge in [-0.2, -0.15) is 5.10 Å². The maximum absolute atomic E-state index is 12.9. The third-order valence-corrected chi connectivity index (χ3v) is 5.02. The molecule has 1 fully saturated rings. The summed E-state index contributed by atoms with van der Waals surface area (Å²) in [6.45, 7) is 4.63. The number of rotatable bonds is 5. The van der Waals surface area contributed by atoms with E-state index in [4.69, 9.17) is 0 Å². The second-order valence-electron chi connectivity index (χ2n) is 6.98. The monoisotopic (exact) mass is 350 g/mol. The van der Waals surface area contributed by atoms with Gasteiger partial charge in [0.25, 0.3) is 5.56 Å². The van der Waals surface area contributed by atoms with Crippen molar-refractivity contribution in [1.29, 1.82) is 0 Å². The molecule has 0 radical (unpaired) electrons. The van der Waals surface area contributed by atoms with Gasteiger partial charge in [-0.3, -0.25) is 9.59 Å². The first-order chi connectivity index (χ1) is 12.5. The van der Waals surface area contributed by atoms with Gasteiger partial charge >= 0.3 is 0 Å². The van der Waals surface area contributed by atoms with Gasteiger partial charge in [-0.25, -0.2) is 4.68 Å². The summed E-state index contributed by atoms with van der Waals surface area (Å²) in [5.74, 6) is -0.153. The molecule has 1 aliphatic rings. The molecular weight excluding hydrogens is 328 g/mol. The number of aryl methyl sites for hydroxylation is 2. The normalized spacial score (nSPS) is 13.9. The number of hydrogen-bond acceptors (Lipinski definition) is 3. The first kappa shape index (κ1) is 16.6. The fraction of sp³-hybridized carbons (Fsp3) is 0.350. The molecule has 1 amide bonds. The highest BCUT2D eigenvalue weighted by atomic mass is 16.2. The van der Waals surface area contributed by atoms with Crippen LogP contribution in [0.4, 0.5) is 0 Å². The first-order valence-electron chi connectivity index (χ1n) is 8.93. The van der Waals surface area contributed by atoms with E-state index in [1.165, 1.54) is 10.2 Å². The molecule has 134 valence electrons. The van der Waals surface area contributed by atoms with E-state index in [0.717, 1.165) is 29.6 Å². The van der Waals surface area contributed by atoms with Crippen molar-refractivity contribution in [1.82, 2.24) is 19.7 Å². The number of benzene rings is 1. The number of carbonyl (C=O) groups is 1. The molecule has 0 saturated heterocycles. The maximum Gasteiger partial charge on any atom is 0.276 e. The van der Waals surface area contributed by atoms with Crippen molar-refractivity contribution in [2.45, 2.75) is 45.8 Å². The van der Waals surface area contributed by atoms with Gasteiger partial charge in [-0.05, 0) is 32.3 Å². The van der Waals surface area contributed by atoms with E-state index in [-0.39, 0.29) is 24.1 Å². The zero-order chi connectivity index (χ0) is 18.3. The molecule has 0 spiro atoms. The number of aromatic nitrogens is 3. The van der Waals surface area contributed by atoms with Gasteiger partial charge in [0.15, 0.2) is 0 Å². The van der Waals surface area contributed by atoms with Crippen LogP contribution in [0.15, 0.2) is 41.3 Å². The van der Waals surface area contributed by atoms with E-state index < -0.39 is 0 Å². The van der Waals surface area contributed by atoms with E-state index in [0.29, 0.717) is 11.9 Å². The third-order valence-electron chi connectivity index (χ3n) is 5.02. The molecule has 6 nitrogen and oxygen atoms in total. The van der Waals surface area contributed by atoms with E-state index in [2.05, 4.69) is 27.1 Å². The van der Waals surface area contributed by atoms with E-state index in [1.54, 1.807) is 6.20 Å². The van der Waals surface area contributed by atoms with Crippen molar-refractivity contribution in [3.63, 3.8) is 0 Å². The summed E-state index contributed by atoms with van der Waals surface area (Å²) in [5, 5.41) is 8.62. The highest BCUT2D eigenvalue weighted by Gasteiger charge is 2.24. The largest absolute Gasteiger partial charge is 0.352 e. The molecule has 1 aliphatic carbocycles. The van der Waals surface area contributed by atoms with Crippen molar-refractivity contribution < 1.29 is 4.79 Å². The molecular formula is C20H22N4O2. The van der Waals surface area contributed by atoms with Gasteiger partial charge in [0, 0.05) is 29.4 Å². The number of hydrogen-bond donors (Lipinski definition) is 1. The summed E-state index contributed by atoms with van der Waals surface area (Å²) in [7, 11) is 0. The van der Waals surface area contributed by atoms with Crippen LogP contribution in [0.3, 0.4) is 0 Å². The van der Waals surface area contributed by atoms with Crippen LogP contribution in [-0.4, -0.2) is 26.3 Å². The van der Waals surface area contributed by atoms with Gasteiger partial charge in [-0.1, -0.05) is 30.3 Å². The summed E-state index contributed by atoms with van der Waals surface area (Å²) in [6, 6.07) is 10.4. The Morgan fingerprint density at radius 1 is 1.19 bits per heavy atom. The van der Waals surface area contributed by atoms with Crippen LogP contribution in [0.5, 0.6) is 0 Å². The van der Waals surface area contributed by atoms with Crippen LogP contribution in [0, 0.1) is 13.8 Å². The molecule has 0 aliphatic heterocycles. The summed E-state index contributed by atoms with van der Waals surface area (Å²) < 4.78 is 3.40. The smallest absolute Gasteiger partial charge is 0.276 e. The van der Waals surface area contributed by atoms with Gasteiger partial charge in [0.05, 0.1) is 11.6 Å². The fourth-order valence-corrected chi connectivity index (χ4v) is 3.40. The lowest BCUT2D eigenvalue weighted by atomic mass is 10.2. The summed E-state index contributed by atoms with van der Waals surface area (Å²) in [4.78, 5) is 24.9. The SMILES string of the molecule is Cc1c2cnn(CC(=O)NC3CC3)c(=O)c2c(C)n1Cc1ccccc1. The number of carbonyl (C=O) groups excluding carboxylic acids is 1. The lowest BCUT2D eigenvalue weighted by molar-refractivity contribution is -0.122. The van der Waals surface area contributed by atoms with Crippen LogP contribution in [0.2, 0.25) is 0 Å². The minimum atomic E-state index is -0.208. The Morgan fingerprint density at radius 3 is 2.62 bits per heavy atom. The highest BCUT2D eigenvalue weighted by Crippen LogP contribution is 2.23. The summed E-state index contributed by atoms with van der Waals surface area (Å²) in [6.07, 6.45) is 3.74. The number of amides is 1. The first-order valence-corrected chi connectivity index (χ1v) is 8.93. The van der Waals surface area contributed by atoms with Crippen LogP contribution >= 0.6 is 0 Å². The molecule has 0 bridgehead atoms. The van der Waals surface area contributed by atoms with Crippen molar-refractivity contribution >= 4 is 16.7 Å². The predicted molar refractivity (Wildman–Crippen MR) is 100 cm³/mol. The van der Waals surface area contributed by atoms with Gasteiger partial charge in [0.1, 0.15) is 6.54 Å². The average molecular weight is 350 g/mol. The van der Waals surface area contributed by atoms with Crippen LogP contribution in [0.25, 0.3) is 10.8 Å². The number of nitrogens with one attached hydrogen (secondary N) is 1. The molecule has 6 heteroatoms. The average Bonchev–Trinajstić information content (AvgIpc) is 3.41. The fourth-order valence-electron chi connectivity index (χ4n) is 3.40. The standard InChI is InChI=1S/C20H22N4O2/c1-13-17-10-21-24(12-18(25)22-16-8-9-16)20(26)19(17)14(2)23(13)11-15-6-4-3-5-7-15/h3-7,10,16H,8-9,11-12H2,1-2H3,(H,22,25). The second-order valence-corrected chi connectivity index (χ2v) is 6.98. The summed E-state index contributed by atoms with van der Waals surface area (Å²) >= 11 is 0. The van der Waals surface area contributed by atoms with Gasteiger partial charge in [-0.15, -0.1) is 0 Å². The Labute approximate surface area is 151 Å². The zero-order valence-electron chi connectivity index (χ0n) is 15.0. The van der Waals surface area contributed by atoms with Crippen molar-refractivity contribution in [3.05, 3.63) is 63.8 Å². The quantitative estimate of drug-likeness (QED) is 0.766. The molecule has 1 saturated carbocycles. The minimum Gasteiger partial charge on any atom is -0.352 e. The molecule has 2 heterocycles. The van der Waals surface area contributed by atoms with E-state index in [1.807, 2.05) is 32.0 Å². The molecule has 3 aromatic rings. The predicted octanol–water partition coefficient (Wildman–Crippen LogP) is 2.14. The topological polar surface area (TPSA) is 68.9 Å². The molecule has 4 rings (SSSR count). The number of nitrogens with zero attached hydrogens (tertiary/aromatic N) is 3.